The van der Waals surface area contributed by atoms with Gasteiger partial charge in [-0.15, -0.1) is 11.8 Å². The molecule has 0 atom stereocenters. The van der Waals surface area contributed by atoms with Crippen LogP contribution < -0.4 is 20.1 Å². The van der Waals surface area contributed by atoms with Crippen LogP contribution in [0.1, 0.15) is 20.7 Å². The van der Waals surface area contributed by atoms with Gasteiger partial charge >= 0.3 is 5.97 Å². The highest BCUT2D eigenvalue weighted by Gasteiger charge is 2.16. The lowest BCUT2D eigenvalue weighted by atomic mass is 10.1. The molecule has 0 spiro atoms. The Labute approximate surface area is 194 Å². The third-order valence-electron chi connectivity index (χ3n) is 4.55. The van der Waals surface area contributed by atoms with Crippen LogP contribution in [-0.2, 0) is 4.79 Å². The van der Waals surface area contributed by atoms with E-state index in [0.29, 0.717) is 22.9 Å². The molecule has 0 heterocycles. The summed E-state index contributed by atoms with van der Waals surface area (Å²) in [5.41, 5.74) is 1.01. The predicted molar refractivity (Wildman–Crippen MR) is 127 cm³/mol. The van der Waals surface area contributed by atoms with E-state index in [1.165, 1.54) is 31.0 Å². The van der Waals surface area contributed by atoms with E-state index < -0.39 is 11.9 Å². The highest BCUT2D eigenvalue weighted by atomic mass is 32.2. The molecule has 3 aromatic carbocycles. The number of aromatic carboxylic acids is 1. The molecule has 0 fully saturated rings. The first kappa shape index (κ1) is 23.7. The number of nitrogens with one attached hydrogen (secondary N) is 2. The number of anilines is 2. The van der Waals surface area contributed by atoms with Gasteiger partial charge in [-0.3, -0.25) is 9.59 Å². The first-order valence-electron chi connectivity index (χ1n) is 9.79. The van der Waals surface area contributed by atoms with Crippen molar-refractivity contribution in [2.75, 3.05) is 30.6 Å². The number of amides is 2. The van der Waals surface area contributed by atoms with E-state index in [1.807, 2.05) is 6.07 Å². The SMILES string of the molecule is COc1ccc(NC(=O)CSc2cccc(NC(=O)c3ccccc3C(=O)O)c2)c(OC)c1. The lowest BCUT2D eigenvalue weighted by molar-refractivity contribution is -0.113. The summed E-state index contributed by atoms with van der Waals surface area (Å²) in [6, 6.07) is 18.0. The molecule has 0 radical (unpaired) electrons. The quantitative estimate of drug-likeness (QED) is 0.401. The Morgan fingerprint density at radius 1 is 0.879 bits per heavy atom. The van der Waals surface area contributed by atoms with Gasteiger partial charge in [-0.2, -0.15) is 0 Å². The standard InChI is InChI=1S/C24H22N2O6S/c1-31-16-10-11-20(21(13-16)32-2)26-22(27)14-33-17-7-5-6-15(12-17)25-23(28)18-8-3-4-9-19(18)24(29)30/h3-13H,14H2,1-2H3,(H,25,28)(H,26,27)(H,29,30). The van der Waals surface area contributed by atoms with E-state index >= 15 is 0 Å². The number of thioether (sulfide) groups is 1. The zero-order valence-electron chi connectivity index (χ0n) is 18.0. The Balaban J connectivity index is 1.62. The number of rotatable bonds is 9. The molecule has 8 nitrogen and oxygen atoms in total. The summed E-state index contributed by atoms with van der Waals surface area (Å²) in [7, 11) is 3.05. The van der Waals surface area contributed by atoms with Crippen molar-refractivity contribution in [1.82, 2.24) is 0 Å². The maximum Gasteiger partial charge on any atom is 0.336 e. The topological polar surface area (TPSA) is 114 Å². The van der Waals surface area contributed by atoms with Gasteiger partial charge in [0.05, 0.1) is 36.8 Å². The number of hydrogen-bond acceptors (Lipinski definition) is 6. The maximum atomic E-state index is 12.6. The average Bonchev–Trinajstić information content (AvgIpc) is 2.83. The Bertz CT molecular complexity index is 1180. The van der Waals surface area contributed by atoms with E-state index in [-0.39, 0.29) is 22.8 Å². The molecule has 3 N–H and O–H groups in total. The number of methoxy groups -OCH3 is 2. The van der Waals surface area contributed by atoms with Crippen LogP contribution in [0.5, 0.6) is 11.5 Å². The van der Waals surface area contributed by atoms with Crippen molar-refractivity contribution >= 4 is 40.9 Å². The highest BCUT2D eigenvalue weighted by Crippen LogP contribution is 2.29. The van der Waals surface area contributed by atoms with Gasteiger partial charge in [0.15, 0.2) is 0 Å². The number of benzene rings is 3. The maximum absolute atomic E-state index is 12.6. The van der Waals surface area contributed by atoms with E-state index in [4.69, 9.17) is 9.47 Å². The van der Waals surface area contributed by atoms with Crippen molar-refractivity contribution in [3.05, 3.63) is 77.9 Å². The Hall–Kier alpha value is -3.98. The number of hydrogen-bond donors (Lipinski definition) is 3. The Morgan fingerprint density at radius 2 is 1.64 bits per heavy atom. The van der Waals surface area contributed by atoms with Crippen LogP contribution in [0.4, 0.5) is 11.4 Å². The van der Waals surface area contributed by atoms with Crippen LogP contribution in [0.15, 0.2) is 71.6 Å². The van der Waals surface area contributed by atoms with Crippen LogP contribution in [0.25, 0.3) is 0 Å². The van der Waals surface area contributed by atoms with E-state index in [9.17, 15) is 19.5 Å². The van der Waals surface area contributed by atoms with Gasteiger partial charge in [0.1, 0.15) is 11.5 Å². The first-order chi connectivity index (χ1) is 15.9. The lowest BCUT2D eigenvalue weighted by Gasteiger charge is -2.12. The molecular weight excluding hydrogens is 444 g/mol. The van der Waals surface area contributed by atoms with Crippen LogP contribution >= 0.6 is 11.8 Å². The van der Waals surface area contributed by atoms with Gasteiger partial charge in [-0.1, -0.05) is 18.2 Å². The van der Waals surface area contributed by atoms with Crippen molar-refractivity contribution in [3.8, 4) is 11.5 Å². The molecule has 0 aliphatic carbocycles. The summed E-state index contributed by atoms with van der Waals surface area (Å²) in [4.78, 5) is 37.1. The molecule has 33 heavy (non-hydrogen) atoms. The summed E-state index contributed by atoms with van der Waals surface area (Å²) in [6.07, 6.45) is 0. The largest absolute Gasteiger partial charge is 0.497 e. The number of carboxylic acids is 1. The molecule has 0 aliphatic rings. The number of ether oxygens (including phenoxy) is 2. The predicted octanol–water partition coefficient (Wildman–Crippen LogP) is 4.39. The minimum absolute atomic E-state index is 0.0656. The van der Waals surface area contributed by atoms with Crippen LogP contribution in [0, 0.1) is 0 Å². The Kier molecular flexibility index (Phi) is 7.93. The molecule has 0 aromatic heterocycles. The van der Waals surface area contributed by atoms with Gasteiger partial charge in [0.2, 0.25) is 5.91 Å². The number of carboxylic acid groups (broad SMARTS) is 1. The molecule has 0 unspecified atom stereocenters. The smallest absolute Gasteiger partial charge is 0.336 e. The van der Waals surface area contributed by atoms with Crippen molar-refractivity contribution in [2.24, 2.45) is 0 Å². The Morgan fingerprint density at radius 3 is 2.33 bits per heavy atom. The summed E-state index contributed by atoms with van der Waals surface area (Å²) < 4.78 is 10.4. The molecule has 0 saturated heterocycles. The van der Waals surface area contributed by atoms with Crippen LogP contribution in [0.3, 0.4) is 0 Å². The van der Waals surface area contributed by atoms with Gasteiger partial charge in [0.25, 0.3) is 5.91 Å². The zero-order chi connectivity index (χ0) is 23.8. The van der Waals surface area contributed by atoms with Crippen LogP contribution in [0.2, 0.25) is 0 Å². The van der Waals surface area contributed by atoms with Gasteiger partial charge < -0.3 is 25.2 Å². The van der Waals surface area contributed by atoms with Crippen molar-refractivity contribution in [2.45, 2.75) is 4.90 Å². The van der Waals surface area contributed by atoms with Crippen molar-refractivity contribution in [1.29, 1.82) is 0 Å². The molecule has 0 saturated carbocycles. The van der Waals surface area contributed by atoms with Crippen molar-refractivity contribution < 1.29 is 29.0 Å². The average molecular weight is 467 g/mol. The molecule has 3 rings (SSSR count). The van der Waals surface area contributed by atoms with E-state index in [1.54, 1.807) is 55.6 Å². The minimum Gasteiger partial charge on any atom is -0.497 e. The molecule has 0 aliphatic heterocycles. The molecule has 9 heteroatoms. The lowest BCUT2D eigenvalue weighted by Crippen LogP contribution is -2.16. The molecule has 0 bridgehead atoms. The summed E-state index contributed by atoms with van der Waals surface area (Å²) in [5, 5.41) is 14.8. The number of carbonyl (C=O) groups excluding carboxylic acids is 2. The van der Waals surface area contributed by atoms with E-state index in [0.717, 1.165) is 4.90 Å². The van der Waals surface area contributed by atoms with Gasteiger partial charge in [-0.25, -0.2) is 4.79 Å². The monoisotopic (exact) mass is 466 g/mol. The highest BCUT2D eigenvalue weighted by molar-refractivity contribution is 8.00. The molecule has 170 valence electrons. The summed E-state index contributed by atoms with van der Waals surface area (Å²) in [5.74, 6) is -0.700. The van der Waals surface area contributed by atoms with Gasteiger partial charge in [0, 0.05) is 16.6 Å². The summed E-state index contributed by atoms with van der Waals surface area (Å²) >= 11 is 1.29. The fourth-order valence-electron chi connectivity index (χ4n) is 2.97. The van der Waals surface area contributed by atoms with Crippen LogP contribution in [-0.4, -0.2) is 42.9 Å². The second-order valence-electron chi connectivity index (χ2n) is 6.74. The first-order valence-corrected chi connectivity index (χ1v) is 10.8. The molecule has 3 aromatic rings. The second-order valence-corrected chi connectivity index (χ2v) is 7.78. The van der Waals surface area contributed by atoms with Gasteiger partial charge in [-0.05, 0) is 42.5 Å². The molecular formula is C24H22N2O6S. The zero-order valence-corrected chi connectivity index (χ0v) is 18.8. The minimum atomic E-state index is -1.18. The number of carbonyl (C=O) groups is 3. The van der Waals surface area contributed by atoms with Crippen molar-refractivity contribution in [3.63, 3.8) is 0 Å². The third kappa shape index (κ3) is 6.27. The fourth-order valence-corrected chi connectivity index (χ4v) is 3.72. The second kappa shape index (κ2) is 11.1. The summed E-state index contributed by atoms with van der Waals surface area (Å²) in [6.45, 7) is 0. The third-order valence-corrected chi connectivity index (χ3v) is 5.54. The molecule has 2 amide bonds. The normalized spacial score (nSPS) is 10.2. The van der Waals surface area contributed by atoms with E-state index in [2.05, 4.69) is 10.6 Å². The fraction of sp³-hybridized carbons (Fsp3) is 0.125.